The van der Waals surface area contributed by atoms with E-state index in [0.29, 0.717) is 0 Å². The molecule has 108 valence electrons. The first-order valence-electron chi connectivity index (χ1n) is 5.60. The van der Waals surface area contributed by atoms with Crippen LogP contribution < -0.4 is 14.8 Å². The lowest BCUT2D eigenvalue weighted by Crippen LogP contribution is -2.15. The maximum atomic E-state index is 12.0. The maximum Gasteiger partial charge on any atom is 0.392 e. The minimum atomic E-state index is -4.28. The summed E-state index contributed by atoms with van der Waals surface area (Å²) in [5, 5.41) is 2.64. The Bertz CT molecular complexity index is 412. The van der Waals surface area contributed by atoms with E-state index >= 15 is 0 Å². The highest BCUT2D eigenvalue weighted by atomic mass is 19.4. The van der Waals surface area contributed by atoms with Crippen LogP contribution in [0.5, 0.6) is 12.0 Å². The number of anilines is 1. The Morgan fingerprint density at radius 3 is 2.32 bits per heavy atom. The van der Waals surface area contributed by atoms with E-state index in [2.05, 4.69) is 20.3 Å². The summed E-state index contributed by atoms with van der Waals surface area (Å²) in [5.41, 5.74) is 0. The molecule has 0 saturated heterocycles. The number of hydrogen-bond donors (Lipinski definition) is 1. The summed E-state index contributed by atoms with van der Waals surface area (Å²) in [6, 6.07) is -0.212. The Balaban J connectivity index is 2.71. The minimum Gasteiger partial charge on any atom is -0.463 e. The molecule has 9 heteroatoms. The topological polar surface area (TPSA) is 69.2 Å². The first-order valence-corrected chi connectivity index (χ1v) is 5.60. The summed E-state index contributed by atoms with van der Waals surface area (Å²) in [7, 11) is 1.56. The lowest BCUT2D eigenvalue weighted by molar-refractivity contribution is -0.139. The highest BCUT2D eigenvalue weighted by Gasteiger charge is 2.27. The van der Waals surface area contributed by atoms with Crippen molar-refractivity contribution in [3.05, 3.63) is 0 Å². The molecule has 0 aromatic carbocycles. The molecule has 1 aromatic rings. The molecule has 1 heterocycles. The number of aromatic nitrogens is 3. The fourth-order valence-corrected chi connectivity index (χ4v) is 1.04. The Labute approximate surface area is 108 Å². The van der Waals surface area contributed by atoms with Gasteiger partial charge < -0.3 is 14.8 Å². The van der Waals surface area contributed by atoms with E-state index in [1.54, 1.807) is 20.9 Å². The van der Waals surface area contributed by atoms with Crippen LogP contribution in [-0.2, 0) is 0 Å². The molecule has 0 unspecified atom stereocenters. The summed E-state index contributed by atoms with van der Waals surface area (Å²) in [6.45, 7) is 2.98. The number of ether oxygens (including phenoxy) is 2. The Morgan fingerprint density at radius 1 is 1.16 bits per heavy atom. The number of rotatable bonds is 6. The maximum absolute atomic E-state index is 12.0. The van der Waals surface area contributed by atoms with Gasteiger partial charge in [0, 0.05) is 7.05 Å². The van der Waals surface area contributed by atoms with Gasteiger partial charge in [0.25, 0.3) is 0 Å². The second-order valence-corrected chi connectivity index (χ2v) is 3.85. The van der Waals surface area contributed by atoms with E-state index in [9.17, 15) is 13.2 Å². The Morgan fingerprint density at radius 2 is 1.79 bits per heavy atom. The van der Waals surface area contributed by atoms with E-state index in [-0.39, 0.29) is 24.1 Å². The normalized spacial score (nSPS) is 11.5. The molecule has 0 radical (unpaired) electrons. The van der Waals surface area contributed by atoms with Crippen molar-refractivity contribution in [2.24, 2.45) is 0 Å². The standard InChI is InChI=1S/C10H15F3N4O2/c1-6(2)19-9-16-7(14-3)15-8(17-9)18-5-4-10(11,12)13/h6H,4-5H2,1-3H3,(H,14,15,16,17). The lowest BCUT2D eigenvalue weighted by atomic mass is 10.4. The molecule has 0 fully saturated rings. The molecule has 0 aliphatic carbocycles. The third-order valence-corrected chi connectivity index (χ3v) is 1.78. The van der Waals surface area contributed by atoms with Crippen LogP contribution in [0.4, 0.5) is 19.1 Å². The largest absolute Gasteiger partial charge is 0.463 e. The predicted octanol–water partition coefficient (Wildman–Crippen LogP) is 2.03. The smallest absolute Gasteiger partial charge is 0.392 e. The van der Waals surface area contributed by atoms with Crippen LogP contribution in [0.25, 0.3) is 0 Å². The van der Waals surface area contributed by atoms with Crippen molar-refractivity contribution >= 4 is 5.95 Å². The van der Waals surface area contributed by atoms with Crippen molar-refractivity contribution in [3.63, 3.8) is 0 Å². The monoisotopic (exact) mass is 280 g/mol. The van der Waals surface area contributed by atoms with Crippen LogP contribution in [0.1, 0.15) is 20.3 Å². The molecule has 0 saturated carbocycles. The molecule has 0 aliphatic rings. The number of hydrogen-bond acceptors (Lipinski definition) is 6. The Hall–Kier alpha value is -1.80. The first-order chi connectivity index (χ1) is 8.80. The molecule has 0 bridgehead atoms. The van der Waals surface area contributed by atoms with Gasteiger partial charge in [-0.15, -0.1) is 4.98 Å². The van der Waals surface area contributed by atoms with Crippen LogP contribution in [0.3, 0.4) is 0 Å². The van der Waals surface area contributed by atoms with Crippen molar-refractivity contribution < 1.29 is 22.6 Å². The predicted molar refractivity (Wildman–Crippen MR) is 61.3 cm³/mol. The molecule has 0 atom stereocenters. The zero-order chi connectivity index (χ0) is 14.5. The number of nitrogens with one attached hydrogen (secondary N) is 1. The number of halogens is 3. The van der Waals surface area contributed by atoms with E-state index in [0.717, 1.165) is 0 Å². The number of nitrogens with zero attached hydrogens (tertiary/aromatic N) is 3. The average molecular weight is 280 g/mol. The fourth-order valence-electron chi connectivity index (χ4n) is 1.04. The fraction of sp³-hybridized carbons (Fsp3) is 0.700. The average Bonchev–Trinajstić information content (AvgIpc) is 2.26. The van der Waals surface area contributed by atoms with Gasteiger partial charge in [0.2, 0.25) is 5.95 Å². The summed E-state index contributed by atoms with van der Waals surface area (Å²) in [6.07, 6.45) is -5.53. The van der Waals surface area contributed by atoms with Gasteiger partial charge in [-0.25, -0.2) is 0 Å². The summed E-state index contributed by atoms with van der Waals surface area (Å²) >= 11 is 0. The van der Waals surface area contributed by atoms with Gasteiger partial charge in [-0.1, -0.05) is 0 Å². The van der Waals surface area contributed by atoms with Gasteiger partial charge in [-0.3, -0.25) is 0 Å². The van der Waals surface area contributed by atoms with Crippen molar-refractivity contribution in [1.29, 1.82) is 0 Å². The van der Waals surface area contributed by atoms with E-state index in [1.165, 1.54) is 0 Å². The third-order valence-electron chi connectivity index (χ3n) is 1.78. The van der Waals surface area contributed by atoms with Crippen LogP contribution in [0.15, 0.2) is 0 Å². The van der Waals surface area contributed by atoms with E-state index in [4.69, 9.17) is 9.47 Å². The molecular formula is C10H15F3N4O2. The van der Waals surface area contributed by atoms with Crippen LogP contribution >= 0.6 is 0 Å². The lowest BCUT2D eigenvalue weighted by Gasteiger charge is -2.11. The molecule has 0 amide bonds. The van der Waals surface area contributed by atoms with Crippen molar-refractivity contribution in [2.75, 3.05) is 19.0 Å². The van der Waals surface area contributed by atoms with E-state index in [1.807, 2.05) is 0 Å². The van der Waals surface area contributed by atoms with Crippen molar-refractivity contribution in [1.82, 2.24) is 15.0 Å². The number of alkyl halides is 3. The van der Waals surface area contributed by atoms with Crippen LogP contribution in [0, 0.1) is 0 Å². The summed E-state index contributed by atoms with van der Waals surface area (Å²) in [4.78, 5) is 11.4. The van der Waals surface area contributed by atoms with Gasteiger partial charge in [-0.05, 0) is 13.8 Å². The van der Waals surface area contributed by atoms with Gasteiger partial charge in [0.1, 0.15) is 6.61 Å². The van der Waals surface area contributed by atoms with Crippen molar-refractivity contribution in [2.45, 2.75) is 32.5 Å². The molecule has 0 spiro atoms. The molecule has 0 aliphatic heterocycles. The minimum absolute atomic E-state index is 0.00337. The second kappa shape index (κ2) is 6.39. The highest BCUT2D eigenvalue weighted by molar-refractivity contribution is 5.26. The van der Waals surface area contributed by atoms with Gasteiger partial charge >= 0.3 is 18.2 Å². The van der Waals surface area contributed by atoms with E-state index < -0.39 is 19.2 Å². The molecule has 19 heavy (non-hydrogen) atoms. The van der Waals surface area contributed by atoms with Crippen LogP contribution in [-0.4, -0.2) is 40.9 Å². The van der Waals surface area contributed by atoms with Crippen LogP contribution in [0.2, 0.25) is 0 Å². The van der Waals surface area contributed by atoms with Crippen molar-refractivity contribution in [3.8, 4) is 12.0 Å². The third kappa shape index (κ3) is 6.07. The zero-order valence-corrected chi connectivity index (χ0v) is 10.8. The second-order valence-electron chi connectivity index (χ2n) is 3.85. The summed E-state index contributed by atoms with van der Waals surface area (Å²) < 4.78 is 46.0. The first kappa shape index (κ1) is 15.3. The molecular weight excluding hydrogens is 265 g/mol. The highest BCUT2D eigenvalue weighted by Crippen LogP contribution is 2.20. The zero-order valence-electron chi connectivity index (χ0n) is 10.8. The molecule has 1 rings (SSSR count). The quantitative estimate of drug-likeness (QED) is 0.860. The summed E-state index contributed by atoms with van der Waals surface area (Å²) in [5.74, 6) is 0.160. The molecule has 6 nitrogen and oxygen atoms in total. The van der Waals surface area contributed by atoms with Gasteiger partial charge in [-0.2, -0.15) is 23.1 Å². The molecule has 1 aromatic heterocycles. The SMILES string of the molecule is CNc1nc(OCCC(F)(F)F)nc(OC(C)C)n1. The molecule has 1 N–H and O–H groups in total. The van der Waals surface area contributed by atoms with Gasteiger partial charge in [0.05, 0.1) is 12.5 Å². The van der Waals surface area contributed by atoms with Gasteiger partial charge in [0.15, 0.2) is 0 Å². The Kier molecular flexibility index (Phi) is 5.13.